The van der Waals surface area contributed by atoms with Gasteiger partial charge in [-0.2, -0.15) is 0 Å². The Balaban J connectivity index is 2.90. The van der Waals surface area contributed by atoms with Crippen molar-refractivity contribution in [2.24, 2.45) is 0 Å². The summed E-state index contributed by atoms with van der Waals surface area (Å²) in [7, 11) is 0. The quantitative estimate of drug-likeness (QED) is 0.780. The second kappa shape index (κ2) is 6.38. The van der Waals surface area contributed by atoms with Crippen molar-refractivity contribution in [3.05, 3.63) is 35.9 Å². The molecule has 0 radical (unpaired) electrons. The van der Waals surface area contributed by atoms with Crippen LogP contribution in [-0.2, 0) is 9.53 Å². The van der Waals surface area contributed by atoms with Gasteiger partial charge in [0.15, 0.2) is 6.10 Å². The standard InChI is InChI=1S/C14H19NO5/c1-14(2,3)20-13(19)15-10(11(16)12(17)18)9-7-5-4-6-8-9/h4-8,10-11,16H,1-3H3,(H,15,19)(H,17,18)/t10-,11?/m1/s1. The summed E-state index contributed by atoms with van der Waals surface area (Å²) >= 11 is 0. The minimum Gasteiger partial charge on any atom is -0.479 e. The number of amides is 1. The molecule has 110 valence electrons. The van der Waals surface area contributed by atoms with Gasteiger partial charge in [0.1, 0.15) is 5.60 Å². The Morgan fingerprint density at radius 3 is 2.20 bits per heavy atom. The Bertz CT molecular complexity index is 466. The molecule has 2 atom stereocenters. The number of hydrogen-bond donors (Lipinski definition) is 3. The van der Waals surface area contributed by atoms with E-state index >= 15 is 0 Å². The van der Waals surface area contributed by atoms with Crippen LogP contribution in [0.4, 0.5) is 4.79 Å². The number of hydrogen-bond acceptors (Lipinski definition) is 4. The van der Waals surface area contributed by atoms with E-state index in [1.807, 2.05) is 0 Å². The van der Waals surface area contributed by atoms with Crippen molar-refractivity contribution in [1.29, 1.82) is 0 Å². The Morgan fingerprint density at radius 2 is 1.75 bits per heavy atom. The molecule has 1 aromatic carbocycles. The van der Waals surface area contributed by atoms with E-state index in [2.05, 4.69) is 5.32 Å². The predicted molar refractivity (Wildman–Crippen MR) is 72.2 cm³/mol. The number of aliphatic hydroxyl groups excluding tert-OH is 1. The van der Waals surface area contributed by atoms with Crippen LogP contribution in [0.25, 0.3) is 0 Å². The monoisotopic (exact) mass is 281 g/mol. The van der Waals surface area contributed by atoms with E-state index in [0.29, 0.717) is 5.56 Å². The number of benzene rings is 1. The highest BCUT2D eigenvalue weighted by Gasteiger charge is 2.30. The Morgan fingerprint density at radius 1 is 1.20 bits per heavy atom. The van der Waals surface area contributed by atoms with Gasteiger partial charge in [-0.05, 0) is 26.3 Å². The van der Waals surface area contributed by atoms with Gasteiger partial charge in [-0.25, -0.2) is 9.59 Å². The normalized spacial score (nSPS) is 14.2. The molecule has 0 aliphatic rings. The van der Waals surface area contributed by atoms with Crippen LogP contribution in [0.5, 0.6) is 0 Å². The molecule has 0 aliphatic heterocycles. The Kier molecular flexibility index (Phi) is 5.10. The highest BCUT2D eigenvalue weighted by molar-refractivity contribution is 5.75. The highest BCUT2D eigenvalue weighted by Crippen LogP contribution is 2.18. The largest absolute Gasteiger partial charge is 0.479 e. The van der Waals surface area contributed by atoms with Crippen LogP contribution < -0.4 is 5.32 Å². The minimum atomic E-state index is -1.76. The van der Waals surface area contributed by atoms with Gasteiger partial charge in [-0.15, -0.1) is 0 Å². The summed E-state index contributed by atoms with van der Waals surface area (Å²) in [6.07, 6.45) is -2.54. The number of carboxylic acids is 1. The van der Waals surface area contributed by atoms with Crippen molar-refractivity contribution in [2.45, 2.75) is 38.5 Å². The van der Waals surface area contributed by atoms with E-state index in [-0.39, 0.29) is 0 Å². The summed E-state index contributed by atoms with van der Waals surface area (Å²) in [6, 6.07) is 7.29. The predicted octanol–water partition coefficient (Wildman–Crippen LogP) is 1.70. The highest BCUT2D eigenvalue weighted by atomic mass is 16.6. The maximum atomic E-state index is 11.7. The molecule has 1 amide bonds. The molecule has 6 heteroatoms. The molecule has 20 heavy (non-hydrogen) atoms. The molecule has 1 rings (SSSR count). The van der Waals surface area contributed by atoms with Crippen molar-refractivity contribution in [2.75, 3.05) is 0 Å². The van der Waals surface area contributed by atoms with Crippen molar-refractivity contribution < 1.29 is 24.5 Å². The molecule has 0 aromatic heterocycles. The first-order valence-electron chi connectivity index (χ1n) is 6.16. The van der Waals surface area contributed by atoms with Crippen molar-refractivity contribution >= 4 is 12.1 Å². The average Bonchev–Trinajstić information content (AvgIpc) is 2.34. The smallest absolute Gasteiger partial charge is 0.408 e. The van der Waals surface area contributed by atoms with E-state index in [1.54, 1.807) is 51.1 Å². The molecule has 6 nitrogen and oxygen atoms in total. The molecule has 0 bridgehead atoms. The number of nitrogens with one attached hydrogen (secondary N) is 1. The second-order valence-electron chi connectivity index (χ2n) is 5.32. The van der Waals surface area contributed by atoms with Crippen LogP contribution in [0, 0.1) is 0 Å². The topological polar surface area (TPSA) is 95.9 Å². The van der Waals surface area contributed by atoms with Crippen LogP contribution in [0.3, 0.4) is 0 Å². The molecular weight excluding hydrogens is 262 g/mol. The SMILES string of the molecule is CC(C)(C)OC(=O)N[C@H](c1ccccc1)C(O)C(=O)O. The number of rotatable bonds is 4. The number of carbonyl (C=O) groups excluding carboxylic acids is 1. The van der Waals surface area contributed by atoms with Crippen LogP contribution >= 0.6 is 0 Å². The van der Waals surface area contributed by atoms with Gasteiger partial charge < -0.3 is 20.3 Å². The average molecular weight is 281 g/mol. The zero-order valence-electron chi connectivity index (χ0n) is 11.7. The molecule has 0 saturated heterocycles. The van der Waals surface area contributed by atoms with Gasteiger partial charge in [-0.1, -0.05) is 30.3 Å². The maximum Gasteiger partial charge on any atom is 0.408 e. The van der Waals surface area contributed by atoms with E-state index < -0.39 is 29.8 Å². The fourth-order valence-corrected chi connectivity index (χ4v) is 1.58. The first kappa shape index (κ1) is 16.0. The molecule has 1 unspecified atom stereocenters. The van der Waals surface area contributed by atoms with Gasteiger partial charge in [-0.3, -0.25) is 0 Å². The van der Waals surface area contributed by atoms with Crippen LogP contribution in [0.1, 0.15) is 32.4 Å². The molecular formula is C14H19NO5. The van der Waals surface area contributed by atoms with E-state index in [1.165, 1.54) is 0 Å². The lowest BCUT2D eigenvalue weighted by molar-refractivity contribution is -0.148. The molecule has 1 aromatic rings. The van der Waals surface area contributed by atoms with Crippen LogP contribution in [-0.4, -0.2) is 34.0 Å². The maximum absolute atomic E-state index is 11.7. The van der Waals surface area contributed by atoms with E-state index in [9.17, 15) is 14.7 Å². The zero-order valence-corrected chi connectivity index (χ0v) is 11.7. The first-order valence-corrected chi connectivity index (χ1v) is 6.16. The fourth-order valence-electron chi connectivity index (χ4n) is 1.58. The van der Waals surface area contributed by atoms with E-state index in [4.69, 9.17) is 9.84 Å². The third-order valence-electron chi connectivity index (χ3n) is 2.40. The van der Waals surface area contributed by atoms with Crippen molar-refractivity contribution in [3.63, 3.8) is 0 Å². The fraction of sp³-hybridized carbons (Fsp3) is 0.429. The van der Waals surface area contributed by atoms with Gasteiger partial charge in [0.05, 0.1) is 6.04 Å². The molecule has 0 heterocycles. The van der Waals surface area contributed by atoms with E-state index in [0.717, 1.165) is 0 Å². The lowest BCUT2D eigenvalue weighted by atomic mass is 10.0. The second-order valence-corrected chi connectivity index (χ2v) is 5.32. The molecule has 0 saturated carbocycles. The number of carboxylic acid groups (broad SMARTS) is 1. The Labute approximate surface area is 117 Å². The van der Waals surface area contributed by atoms with Crippen molar-refractivity contribution in [3.8, 4) is 0 Å². The summed E-state index contributed by atoms with van der Waals surface area (Å²) in [6.45, 7) is 5.08. The number of alkyl carbamates (subject to hydrolysis) is 1. The summed E-state index contributed by atoms with van der Waals surface area (Å²) in [4.78, 5) is 22.7. The number of aliphatic carboxylic acids is 1. The van der Waals surface area contributed by atoms with Gasteiger partial charge >= 0.3 is 12.1 Å². The molecule has 0 spiro atoms. The summed E-state index contributed by atoms with van der Waals surface area (Å²) in [5.41, 5.74) is -0.229. The molecule has 3 N–H and O–H groups in total. The van der Waals surface area contributed by atoms with Crippen LogP contribution in [0.2, 0.25) is 0 Å². The molecule has 0 fully saturated rings. The summed E-state index contributed by atoms with van der Waals surface area (Å²) in [5.74, 6) is -1.42. The number of carbonyl (C=O) groups is 2. The number of ether oxygens (including phenoxy) is 1. The summed E-state index contributed by atoms with van der Waals surface area (Å²) < 4.78 is 5.07. The zero-order chi connectivity index (χ0) is 15.3. The Hall–Kier alpha value is -2.08. The van der Waals surface area contributed by atoms with Gasteiger partial charge in [0.25, 0.3) is 0 Å². The third kappa shape index (κ3) is 4.89. The number of aliphatic hydroxyl groups is 1. The molecule has 0 aliphatic carbocycles. The van der Waals surface area contributed by atoms with Gasteiger partial charge in [0.2, 0.25) is 0 Å². The first-order chi connectivity index (χ1) is 9.20. The lowest BCUT2D eigenvalue weighted by Gasteiger charge is -2.25. The van der Waals surface area contributed by atoms with Gasteiger partial charge in [0, 0.05) is 0 Å². The van der Waals surface area contributed by atoms with Crippen LogP contribution in [0.15, 0.2) is 30.3 Å². The minimum absolute atomic E-state index is 0.480. The summed E-state index contributed by atoms with van der Waals surface area (Å²) in [5, 5.41) is 21.0. The van der Waals surface area contributed by atoms with Crippen molar-refractivity contribution in [1.82, 2.24) is 5.32 Å². The third-order valence-corrected chi connectivity index (χ3v) is 2.40. The lowest BCUT2D eigenvalue weighted by Crippen LogP contribution is -2.42.